The van der Waals surface area contributed by atoms with E-state index in [2.05, 4.69) is 26.0 Å². The van der Waals surface area contributed by atoms with Gasteiger partial charge in [0.15, 0.2) is 6.04 Å². The highest BCUT2D eigenvalue weighted by atomic mass is 79.9. The highest BCUT2D eigenvalue weighted by Gasteiger charge is 2.19. The van der Waals surface area contributed by atoms with Crippen molar-refractivity contribution < 1.29 is 24.2 Å². The first-order valence-corrected chi connectivity index (χ1v) is 6.82. The van der Waals surface area contributed by atoms with Crippen LogP contribution in [-0.2, 0) is 14.3 Å². The summed E-state index contributed by atoms with van der Waals surface area (Å²) in [6.07, 6.45) is 2.79. The molecule has 0 saturated heterocycles. The summed E-state index contributed by atoms with van der Waals surface area (Å²) in [4.78, 5) is 23.0. The lowest BCUT2D eigenvalue weighted by molar-refractivity contribution is -0.145. The number of aliphatic hydroxyl groups is 1. The van der Waals surface area contributed by atoms with Gasteiger partial charge in [0.25, 0.3) is 0 Å². The standard InChI is InChI=1S/C14H16BrNO5/c1-20-12-5-4-10(15)7-9(12)3-6-13(18)16-11(8-17)14(19)21-2/h3-7,11,17H,8H2,1-2H3,(H,16,18)/b6-3+. The Balaban J connectivity index is 2.78. The molecule has 1 unspecified atom stereocenters. The number of esters is 1. The average molecular weight is 358 g/mol. The third-order valence-electron chi connectivity index (χ3n) is 2.59. The maximum Gasteiger partial charge on any atom is 0.330 e. The molecule has 0 bridgehead atoms. The SMILES string of the molecule is COC(=O)C(CO)NC(=O)/C=C/c1cc(Br)ccc1OC. The van der Waals surface area contributed by atoms with Crippen LogP contribution in [0.25, 0.3) is 6.08 Å². The van der Waals surface area contributed by atoms with Crippen molar-refractivity contribution in [1.29, 1.82) is 0 Å². The zero-order valence-electron chi connectivity index (χ0n) is 11.6. The molecular formula is C14H16BrNO5. The Morgan fingerprint density at radius 1 is 1.43 bits per heavy atom. The van der Waals surface area contributed by atoms with E-state index >= 15 is 0 Å². The molecule has 2 N–H and O–H groups in total. The predicted molar refractivity (Wildman–Crippen MR) is 80.8 cm³/mol. The predicted octanol–water partition coefficient (Wildman–Crippen LogP) is 1.12. The summed E-state index contributed by atoms with van der Waals surface area (Å²) in [6.45, 7) is -0.535. The largest absolute Gasteiger partial charge is 0.496 e. The lowest BCUT2D eigenvalue weighted by Crippen LogP contribution is -2.43. The van der Waals surface area contributed by atoms with Gasteiger partial charge in [0.2, 0.25) is 5.91 Å². The molecule has 1 aromatic carbocycles. The maximum absolute atomic E-state index is 11.7. The Hall–Kier alpha value is -1.86. The zero-order chi connectivity index (χ0) is 15.8. The summed E-state index contributed by atoms with van der Waals surface area (Å²) in [5.74, 6) is -0.630. The fourth-order valence-corrected chi connectivity index (χ4v) is 1.92. The summed E-state index contributed by atoms with van der Waals surface area (Å²) in [6, 6.07) is 4.27. The van der Waals surface area contributed by atoms with E-state index in [0.29, 0.717) is 11.3 Å². The van der Waals surface area contributed by atoms with E-state index in [-0.39, 0.29) is 0 Å². The van der Waals surface area contributed by atoms with Crippen molar-refractivity contribution in [2.75, 3.05) is 20.8 Å². The number of hydrogen-bond acceptors (Lipinski definition) is 5. The fraction of sp³-hybridized carbons (Fsp3) is 0.286. The molecule has 1 amide bonds. The minimum Gasteiger partial charge on any atom is -0.496 e. The number of benzene rings is 1. The Morgan fingerprint density at radius 3 is 2.71 bits per heavy atom. The molecule has 1 rings (SSSR count). The van der Waals surface area contributed by atoms with E-state index in [9.17, 15) is 9.59 Å². The molecule has 0 aliphatic heterocycles. The van der Waals surface area contributed by atoms with Gasteiger partial charge in [0, 0.05) is 16.1 Å². The molecule has 0 fully saturated rings. The Kier molecular flexibility index (Phi) is 6.90. The van der Waals surface area contributed by atoms with Gasteiger partial charge in [0.05, 0.1) is 20.8 Å². The fourth-order valence-electron chi connectivity index (χ4n) is 1.54. The molecule has 0 aliphatic rings. The molecule has 21 heavy (non-hydrogen) atoms. The summed E-state index contributed by atoms with van der Waals surface area (Å²) in [5, 5.41) is 11.4. The monoisotopic (exact) mass is 357 g/mol. The number of methoxy groups -OCH3 is 2. The van der Waals surface area contributed by atoms with Gasteiger partial charge < -0.3 is 19.9 Å². The number of amides is 1. The van der Waals surface area contributed by atoms with Crippen molar-refractivity contribution in [1.82, 2.24) is 5.32 Å². The molecule has 1 aromatic rings. The molecule has 6 nitrogen and oxygen atoms in total. The van der Waals surface area contributed by atoms with Gasteiger partial charge in [-0.25, -0.2) is 4.79 Å². The number of ether oxygens (including phenoxy) is 2. The van der Waals surface area contributed by atoms with Crippen molar-refractivity contribution in [2.24, 2.45) is 0 Å². The number of nitrogens with one attached hydrogen (secondary N) is 1. The van der Waals surface area contributed by atoms with Crippen molar-refractivity contribution in [2.45, 2.75) is 6.04 Å². The van der Waals surface area contributed by atoms with Gasteiger partial charge in [-0.1, -0.05) is 15.9 Å². The summed E-state index contributed by atoms with van der Waals surface area (Å²) in [7, 11) is 2.71. The minimum absolute atomic E-state index is 0.526. The van der Waals surface area contributed by atoms with E-state index in [4.69, 9.17) is 9.84 Å². The summed E-state index contributed by atoms with van der Waals surface area (Å²) >= 11 is 3.33. The van der Waals surface area contributed by atoms with Crippen LogP contribution >= 0.6 is 15.9 Å². The van der Waals surface area contributed by atoms with Crippen LogP contribution in [0.15, 0.2) is 28.7 Å². The number of rotatable bonds is 6. The molecule has 1 atom stereocenters. The van der Waals surface area contributed by atoms with Crippen LogP contribution in [0.3, 0.4) is 0 Å². The molecule has 0 saturated carbocycles. The van der Waals surface area contributed by atoms with Crippen LogP contribution in [0.1, 0.15) is 5.56 Å². The second kappa shape index (κ2) is 8.43. The molecule has 0 spiro atoms. The highest BCUT2D eigenvalue weighted by Crippen LogP contribution is 2.23. The van der Waals surface area contributed by atoms with Gasteiger partial charge in [0.1, 0.15) is 5.75 Å². The molecule has 0 heterocycles. The van der Waals surface area contributed by atoms with Gasteiger partial charge in [-0.2, -0.15) is 0 Å². The first-order valence-electron chi connectivity index (χ1n) is 6.02. The van der Waals surface area contributed by atoms with Crippen LogP contribution < -0.4 is 10.1 Å². The van der Waals surface area contributed by atoms with Gasteiger partial charge in [-0.15, -0.1) is 0 Å². The topological polar surface area (TPSA) is 84.9 Å². The quantitative estimate of drug-likeness (QED) is 0.588. The van der Waals surface area contributed by atoms with Crippen molar-refractivity contribution in [3.05, 3.63) is 34.3 Å². The lowest BCUT2D eigenvalue weighted by Gasteiger charge is -2.12. The lowest BCUT2D eigenvalue weighted by atomic mass is 10.2. The molecule has 0 aliphatic carbocycles. The number of halogens is 1. The van der Waals surface area contributed by atoms with E-state index < -0.39 is 24.5 Å². The number of carbonyl (C=O) groups is 2. The molecule has 114 valence electrons. The third kappa shape index (κ3) is 5.20. The molecular weight excluding hydrogens is 342 g/mol. The van der Waals surface area contributed by atoms with E-state index in [1.807, 2.05) is 6.07 Å². The van der Waals surface area contributed by atoms with Crippen molar-refractivity contribution in [3.8, 4) is 5.75 Å². The third-order valence-corrected chi connectivity index (χ3v) is 3.08. The van der Waals surface area contributed by atoms with Crippen LogP contribution in [0, 0.1) is 0 Å². The Bertz CT molecular complexity index is 544. The minimum atomic E-state index is -1.09. The first kappa shape index (κ1) is 17.2. The van der Waals surface area contributed by atoms with Gasteiger partial charge in [-0.3, -0.25) is 4.79 Å². The first-order chi connectivity index (χ1) is 10.0. The van der Waals surface area contributed by atoms with Crippen LogP contribution in [-0.4, -0.2) is 43.9 Å². The van der Waals surface area contributed by atoms with Crippen molar-refractivity contribution >= 4 is 33.9 Å². The van der Waals surface area contributed by atoms with E-state index in [0.717, 1.165) is 4.47 Å². The number of carbonyl (C=O) groups excluding carboxylic acids is 2. The second-order valence-electron chi connectivity index (χ2n) is 3.99. The van der Waals surface area contributed by atoms with Crippen LogP contribution in [0.2, 0.25) is 0 Å². The molecule has 0 aromatic heterocycles. The van der Waals surface area contributed by atoms with E-state index in [1.165, 1.54) is 20.3 Å². The smallest absolute Gasteiger partial charge is 0.330 e. The molecule has 0 radical (unpaired) electrons. The highest BCUT2D eigenvalue weighted by molar-refractivity contribution is 9.10. The normalized spacial score (nSPS) is 12.0. The van der Waals surface area contributed by atoms with Gasteiger partial charge >= 0.3 is 5.97 Å². The van der Waals surface area contributed by atoms with E-state index in [1.54, 1.807) is 18.2 Å². The number of aliphatic hydroxyl groups excluding tert-OH is 1. The summed E-state index contributed by atoms with van der Waals surface area (Å²) < 4.78 is 10.5. The molecule has 7 heteroatoms. The Labute approximate surface area is 130 Å². The van der Waals surface area contributed by atoms with Crippen LogP contribution in [0.5, 0.6) is 5.75 Å². The maximum atomic E-state index is 11.7. The van der Waals surface area contributed by atoms with Crippen LogP contribution in [0.4, 0.5) is 0 Å². The average Bonchev–Trinajstić information content (AvgIpc) is 2.49. The summed E-state index contributed by atoms with van der Waals surface area (Å²) in [5.41, 5.74) is 0.695. The van der Waals surface area contributed by atoms with Crippen molar-refractivity contribution in [3.63, 3.8) is 0 Å². The number of hydrogen-bond donors (Lipinski definition) is 2. The Morgan fingerprint density at radius 2 is 2.14 bits per heavy atom. The second-order valence-corrected chi connectivity index (χ2v) is 4.90. The van der Waals surface area contributed by atoms with Gasteiger partial charge in [-0.05, 0) is 24.3 Å². The zero-order valence-corrected chi connectivity index (χ0v) is 13.2.